The number of para-hydroxylation sites is 2. The Hall–Kier alpha value is -2.04. The summed E-state index contributed by atoms with van der Waals surface area (Å²) < 4.78 is 0. The summed E-state index contributed by atoms with van der Waals surface area (Å²) in [6.45, 7) is 3.84. The zero-order valence-electron chi connectivity index (χ0n) is 11.0. The fourth-order valence-corrected chi connectivity index (χ4v) is 2.57. The monoisotopic (exact) mass is 258 g/mol. The van der Waals surface area contributed by atoms with Crippen LogP contribution in [0.3, 0.4) is 0 Å². The average Bonchev–Trinajstić information content (AvgIpc) is 2.80. The number of H-pyrrole nitrogens is 1. The number of imidazole rings is 1. The van der Waals surface area contributed by atoms with E-state index in [1.54, 1.807) is 0 Å². The van der Waals surface area contributed by atoms with Gasteiger partial charge in [-0.1, -0.05) is 19.1 Å². The Balaban J connectivity index is 1.71. The fraction of sp³-hybridized carbons (Fsp3) is 0.429. The van der Waals surface area contributed by atoms with Crippen molar-refractivity contribution < 1.29 is 4.79 Å². The third kappa shape index (κ3) is 2.54. The molecule has 1 aromatic carbocycles. The van der Waals surface area contributed by atoms with E-state index >= 15 is 0 Å². The first-order valence-electron chi connectivity index (χ1n) is 6.73. The first kappa shape index (κ1) is 12.0. The standard InChI is InChI=1S/C14H18N4O/c1-10-5-4-8-18(9-10)14(19)17-13-15-11-6-2-3-7-12(11)16-13/h2-3,6-7,10H,4-5,8-9H2,1H3,(H2,15,16,17,19). The molecular formula is C14H18N4O. The second kappa shape index (κ2) is 4.91. The molecule has 1 fully saturated rings. The molecule has 1 saturated heterocycles. The molecule has 5 heteroatoms. The lowest BCUT2D eigenvalue weighted by molar-refractivity contribution is 0.182. The van der Waals surface area contributed by atoms with Crippen LogP contribution in [-0.2, 0) is 0 Å². The van der Waals surface area contributed by atoms with Crippen molar-refractivity contribution in [1.29, 1.82) is 0 Å². The molecular weight excluding hydrogens is 240 g/mol. The van der Waals surface area contributed by atoms with Gasteiger partial charge in [-0.3, -0.25) is 5.32 Å². The van der Waals surface area contributed by atoms with Crippen molar-refractivity contribution in [3.8, 4) is 0 Å². The summed E-state index contributed by atoms with van der Waals surface area (Å²) in [5, 5.41) is 2.84. The average molecular weight is 258 g/mol. The molecule has 2 heterocycles. The predicted molar refractivity (Wildman–Crippen MR) is 75.1 cm³/mol. The van der Waals surface area contributed by atoms with Gasteiger partial charge in [0.15, 0.2) is 0 Å². The van der Waals surface area contributed by atoms with Crippen LogP contribution < -0.4 is 5.32 Å². The van der Waals surface area contributed by atoms with Gasteiger partial charge in [-0.25, -0.2) is 9.78 Å². The summed E-state index contributed by atoms with van der Waals surface area (Å²) in [6.07, 6.45) is 2.28. The molecule has 2 aromatic rings. The van der Waals surface area contributed by atoms with Crippen molar-refractivity contribution in [1.82, 2.24) is 14.9 Å². The van der Waals surface area contributed by atoms with Crippen LogP contribution in [0.4, 0.5) is 10.7 Å². The second-order valence-corrected chi connectivity index (χ2v) is 5.23. The smallest absolute Gasteiger partial charge is 0.324 e. The summed E-state index contributed by atoms with van der Waals surface area (Å²) in [7, 11) is 0. The lowest BCUT2D eigenvalue weighted by Crippen LogP contribution is -2.41. The highest BCUT2D eigenvalue weighted by atomic mass is 16.2. The van der Waals surface area contributed by atoms with Gasteiger partial charge in [0.05, 0.1) is 11.0 Å². The molecule has 1 aliphatic rings. The second-order valence-electron chi connectivity index (χ2n) is 5.23. The van der Waals surface area contributed by atoms with Gasteiger partial charge in [-0.2, -0.15) is 0 Å². The van der Waals surface area contributed by atoms with Gasteiger partial charge in [0.1, 0.15) is 0 Å². The third-order valence-corrected chi connectivity index (χ3v) is 3.56. The molecule has 1 aromatic heterocycles. The number of piperidine rings is 1. The number of rotatable bonds is 1. The van der Waals surface area contributed by atoms with Gasteiger partial charge >= 0.3 is 6.03 Å². The summed E-state index contributed by atoms with van der Waals surface area (Å²) in [4.78, 5) is 21.5. The van der Waals surface area contributed by atoms with E-state index in [9.17, 15) is 4.79 Å². The molecule has 1 aliphatic heterocycles. The van der Waals surface area contributed by atoms with E-state index in [-0.39, 0.29) is 6.03 Å². The van der Waals surface area contributed by atoms with Crippen LogP contribution in [0, 0.1) is 5.92 Å². The first-order valence-corrected chi connectivity index (χ1v) is 6.73. The minimum atomic E-state index is -0.0643. The number of urea groups is 1. The molecule has 1 atom stereocenters. The van der Waals surface area contributed by atoms with Gasteiger partial charge in [-0.15, -0.1) is 0 Å². The number of anilines is 1. The Morgan fingerprint density at radius 2 is 2.32 bits per heavy atom. The highest BCUT2D eigenvalue weighted by Crippen LogP contribution is 2.17. The normalized spacial score (nSPS) is 19.6. The Bertz CT molecular complexity index is 559. The zero-order valence-corrected chi connectivity index (χ0v) is 11.0. The Morgan fingerprint density at radius 1 is 1.47 bits per heavy atom. The van der Waals surface area contributed by atoms with Crippen LogP contribution in [-0.4, -0.2) is 34.0 Å². The van der Waals surface area contributed by atoms with E-state index in [0.717, 1.165) is 30.5 Å². The SMILES string of the molecule is CC1CCCN(C(=O)Nc2nc3ccccc3[nH]2)C1. The molecule has 0 saturated carbocycles. The van der Waals surface area contributed by atoms with Gasteiger partial charge in [0.25, 0.3) is 0 Å². The van der Waals surface area contributed by atoms with Gasteiger partial charge in [-0.05, 0) is 30.9 Å². The van der Waals surface area contributed by atoms with Crippen LogP contribution in [0.2, 0.25) is 0 Å². The largest absolute Gasteiger partial charge is 0.324 e. The van der Waals surface area contributed by atoms with E-state index in [4.69, 9.17) is 0 Å². The van der Waals surface area contributed by atoms with Crippen molar-refractivity contribution in [3.63, 3.8) is 0 Å². The van der Waals surface area contributed by atoms with E-state index in [1.165, 1.54) is 6.42 Å². The number of nitrogens with zero attached hydrogens (tertiary/aromatic N) is 2. The molecule has 5 nitrogen and oxygen atoms in total. The molecule has 0 radical (unpaired) electrons. The van der Waals surface area contributed by atoms with Gasteiger partial charge < -0.3 is 9.88 Å². The molecule has 0 aliphatic carbocycles. The highest BCUT2D eigenvalue weighted by molar-refractivity contribution is 5.89. The Kier molecular flexibility index (Phi) is 3.11. The van der Waals surface area contributed by atoms with Crippen LogP contribution in [0.15, 0.2) is 24.3 Å². The summed E-state index contributed by atoms with van der Waals surface area (Å²) in [6, 6.07) is 7.68. The van der Waals surface area contributed by atoms with Crippen molar-refractivity contribution >= 4 is 23.0 Å². The number of aromatic amines is 1. The van der Waals surface area contributed by atoms with Crippen molar-refractivity contribution in [3.05, 3.63) is 24.3 Å². The number of benzene rings is 1. The molecule has 19 heavy (non-hydrogen) atoms. The number of hydrogen-bond acceptors (Lipinski definition) is 2. The highest BCUT2D eigenvalue weighted by Gasteiger charge is 2.21. The number of aromatic nitrogens is 2. The summed E-state index contributed by atoms with van der Waals surface area (Å²) in [5.41, 5.74) is 1.80. The molecule has 2 N–H and O–H groups in total. The Morgan fingerprint density at radius 3 is 3.11 bits per heavy atom. The lowest BCUT2D eigenvalue weighted by atomic mass is 10.0. The van der Waals surface area contributed by atoms with Crippen LogP contribution in [0.1, 0.15) is 19.8 Å². The number of amides is 2. The van der Waals surface area contributed by atoms with Gasteiger partial charge in [0, 0.05) is 13.1 Å². The predicted octanol–water partition coefficient (Wildman–Crippen LogP) is 2.83. The number of nitrogens with one attached hydrogen (secondary N) is 2. The van der Waals surface area contributed by atoms with E-state index in [2.05, 4.69) is 22.2 Å². The van der Waals surface area contributed by atoms with Gasteiger partial charge in [0.2, 0.25) is 5.95 Å². The summed E-state index contributed by atoms with van der Waals surface area (Å²) in [5.74, 6) is 1.10. The van der Waals surface area contributed by atoms with E-state index in [1.807, 2.05) is 29.2 Å². The quantitative estimate of drug-likeness (QED) is 0.826. The first-order chi connectivity index (χ1) is 9.22. The maximum Gasteiger partial charge on any atom is 0.324 e. The number of hydrogen-bond donors (Lipinski definition) is 2. The molecule has 0 spiro atoms. The molecule has 0 bridgehead atoms. The lowest BCUT2D eigenvalue weighted by Gasteiger charge is -2.30. The van der Waals surface area contributed by atoms with Crippen LogP contribution in [0.25, 0.3) is 11.0 Å². The fourth-order valence-electron chi connectivity index (χ4n) is 2.57. The topological polar surface area (TPSA) is 61.0 Å². The van der Waals surface area contributed by atoms with Crippen LogP contribution in [0.5, 0.6) is 0 Å². The van der Waals surface area contributed by atoms with E-state index < -0.39 is 0 Å². The minimum absolute atomic E-state index is 0.0643. The van der Waals surface area contributed by atoms with Crippen molar-refractivity contribution in [2.24, 2.45) is 5.92 Å². The van der Waals surface area contributed by atoms with Crippen molar-refractivity contribution in [2.75, 3.05) is 18.4 Å². The third-order valence-electron chi connectivity index (χ3n) is 3.56. The zero-order chi connectivity index (χ0) is 13.2. The van der Waals surface area contributed by atoms with Crippen molar-refractivity contribution in [2.45, 2.75) is 19.8 Å². The molecule has 3 rings (SSSR count). The molecule has 100 valence electrons. The molecule has 1 unspecified atom stereocenters. The number of carbonyl (C=O) groups excluding carboxylic acids is 1. The number of likely N-dealkylation sites (tertiary alicyclic amines) is 1. The number of fused-ring (bicyclic) bond motifs is 1. The maximum absolute atomic E-state index is 12.1. The number of carbonyl (C=O) groups is 1. The minimum Gasteiger partial charge on any atom is -0.324 e. The maximum atomic E-state index is 12.1. The van der Waals surface area contributed by atoms with Crippen LogP contribution >= 0.6 is 0 Å². The summed E-state index contributed by atoms with van der Waals surface area (Å²) >= 11 is 0. The van der Waals surface area contributed by atoms with E-state index in [0.29, 0.717) is 11.9 Å². The Labute approximate surface area is 112 Å². The molecule has 2 amide bonds.